The first kappa shape index (κ1) is 16.3. The zero-order chi connectivity index (χ0) is 16.9. The Hall–Kier alpha value is -1.14. The number of aromatic nitrogens is 1. The summed E-state index contributed by atoms with van der Waals surface area (Å²) in [7, 11) is 0. The van der Waals surface area contributed by atoms with Crippen molar-refractivity contribution in [2.75, 3.05) is 24.5 Å². The third-order valence-corrected chi connectivity index (χ3v) is 7.17. The van der Waals surface area contributed by atoms with Gasteiger partial charge in [-0.3, -0.25) is 4.79 Å². The van der Waals surface area contributed by atoms with Crippen molar-refractivity contribution < 1.29 is 4.79 Å². The molecule has 1 aromatic heterocycles. The number of carbonyl (C=O) groups excluding carboxylic acids is 1. The number of fused-ring (bicyclic) bond motifs is 3. The van der Waals surface area contributed by atoms with Crippen molar-refractivity contribution in [3.05, 3.63) is 10.6 Å². The zero-order valence-electron chi connectivity index (χ0n) is 15.0. The summed E-state index contributed by atoms with van der Waals surface area (Å²) in [5.74, 6) is 0.285. The summed E-state index contributed by atoms with van der Waals surface area (Å²) in [6, 6.07) is 1.21. The third kappa shape index (κ3) is 2.64. The summed E-state index contributed by atoms with van der Waals surface area (Å²) in [4.78, 5) is 23.6. The molecule has 3 aliphatic heterocycles. The minimum Gasteiger partial charge on any atom is -0.340 e. The summed E-state index contributed by atoms with van der Waals surface area (Å²) in [6.07, 6.45) is 4.33. The highest BCUT2D eigenvalue weighted by Crippen LogP contribution is 2.38. The number of rotatable bonds is 3. The fourth-order valence-electron chi connectivity index (χ4n) is 4.14. The molecule has 2 fully saturated rings. The third-order valence-electron chi connectivity index (χ3n) is 6.07. The molecule has 0 spiro atoms. The van der Waals surface area contributed by atoms with Gasteiger partial charge in [0.2, 0.25) is 5.91 Å². The first-order chi connectivity index (χ1) is 11.5. The minimum absolute atomic E-state index is 0.261. The Morgan fingerprint density at radius 1 is 1.33 bits per heavy atom. The second-order valence-electron chi connectivity index (χ2n) is 8.03. The molecule has 2 saturated heterocycles. The molecule has 4 heterocycles. The first-order valence-corrected chi connectivity index (χ1v) is 10.1. The molecule has 2 atom stereocenters. The van der Waals surface area contributed by atoms with Crippen molar-refractivity contribution >= 4 is 22.4 Å². The summed E-state index contributed by atoms with van der Waals surface area (Å²) in [6.45, 7) is 9.93. The minimum atomic E-state index is -0.261. The lowest BCUT2D eigenvalue weighted by molar-refractivity contribution is -0.141. The molecule has 5 nitrogen and oxygen atoms in total. The normalized spacial score (nSPS) is 26.6. The fraction of sp³-hybridized carbons (Fsp3) is 0.778. The van der Waals surface area contributed by atoms with Gasteiger partial charge in [0.25, 0.3) is 0 Å². The van der Waals surface area contributed by atoms with E-state index < -0.39 is 0 Å². The van der Waals surface area contributed by atoms with Gasteiger partial charge in [-0.1, -0.05) is 32.1 Å². The number of nitrogens with one attached hydrogen (secondary N) is 1. The van der Waals surface area contributed by atoms with Crippen LogP contribution in [0.2, 0.25) is 0 Å². The van der Waals surface area contributed by atoms with Crippen molar-refractivity contribution in [2.24, 2.45) is 5.41 Å². The summed E-state index contributed by atoms with van der Waals surface area (Å²) < 4.78 is 0. The number of piperazine rings is 1. The fourth-order valence-corrected chi connectivity index (χ4v) is 5.40. The molecule has 24 heavy (non-hydrogen) atoms. The quantitative estimate of drug-likeness (QED) is 0.911. The van der Waals surface area contributed by atoms with Gasteiger partial charge in [-0.25, -0.2) is 4.98 Å². The van der Waals surface area contributed by atoms with E-state index in [0.717, 1.165) is 39.0 Å². The SMILES string of the molecule is CCC(C)(C)C(=O)N1CCc2nc(N3C4CCC3CNC4)sc2C1. The maximum atomic E-state index is 12.8. The largest absolute Gasteiger partial charge is 0.340 e. The molecule has 6 heteroatoms. The van der Waals surface area contributed by atoms with Crippen molar-refractivity contribution in [3.8, 4) is 0 Å². The standard InChI is InChI=1S/C18H28N4OS/c1-4-18(2,3)16(23)21-8-7-14-15(11-21)24-17(20-14)22-12-5-6-13(22)10-19-9-12/h12-13,19H,4-11H2,1-3H3. The number of thiazole rings is 1. The molecular formula is C18H28N4OS. The van der Waals surface area contributed by atoms with Gasteiger partial charge in [0, 0.05) is 48.4 Å². The molecule has 0 aromatic carbocycles. The van der Waals surface area contributed by atoms with Crippen LogP contribution >= 0.6 is 11.3 Å². The predicted molar refractivity (Wildman–Crippen MR) is 97.5 cm³/mol. The second-order valence-corrected chi connectivity index (χ2v) is 9.09. The maximum Gasteiger partial charge on any atom is 0.228 e. The van der Waals surface area contributed by atoms with Gasteiger partial charge >= 0.3 is 0 Å². The van der Waals surface area contributed by atoms with Crippen LogP contribution < -0.4 is 10.2 Å². The Morgan fingerprint density at radius 3 is 2.71 bits per heavy atom. The molecular weight excluding hydrogens is 320 g/mol. The topological polar surface area (TPSA) is 48.5 Å². The van der Waals surface area contributed by atoms with Gasteiger partial charge in [-0.15, -0.1) is 0 Å². The molecule has 2 unspecified atom stereocenters. The van der Waals surface area contributed by atoms with Gasteiger partial charge in [0.05, 0.1) is 12.2 Å². The molecule has 4 rings (SSSR count). The van der Waals surface area contributed by atoms with Crippen molar-refractivity contribution in [3.63, 3.8) is 0 Å². The van der Waals surface area contributed by atoms with Crippen LogP contribution in [0.15, 0.2) is 0 Å². The average Bonchev–Trinajstić information content (AvgIpc) is 3.10. The van der Waals surface area contributed by atoms with Gasteiger partial charge in [-0.05, 0) is 19.3 Å². The maximum absolute atomic E-state index is 12.8. The molecule has 0 radical (unpaired) electrons. The molecule has 0 saturated carbocycles. The Bertz CT molecular complexity index is 625. The molecule has 3 aliphatic rings. The van der Waals surface area contributed by atoms with Crippen LogP contribution in [0.5, 0.6) is 0 Å². The monoisotopic (exact) mass is 348 g/mol. The van der Waals surface area contributed by atoms with Crippen LogP contribution in [0.1, 0.15) is 50.6 Å². The van der Waals surface area contributed by atoms with E-state index in [2.05, 4.69) is 31.0 Å². The van der Waals surface area contributed by atoms with E-state index in [4.69, 9.17) is 4.98 Å². The highest BCUT2D eigenvalue weighted by Gasteiger charge is 2.39. The smallest absolute Gasteiger partial charge is 0.228 e. The Kier molecular flexibility index (Phi) is 4.07. The Balaban J connectivity index is 1.53. The van der Waals surface area contributed by atoms with E-state index in [1.54, 1.807) is 0 Å². The Labute approximate surface area is 148 Å². The molecule has 0 aliphatic carbocycles. The summed E-state index contributed by atoms with van der Waals surface area (Å²) in [5.41, 5.74) is 0.967. The van der Waals surface area contributed by atoms with Crippen LogP contribution in [-0.2, 0) is 17.8 Å². The van der Waals surface area contributed by atoms with Crippen LogP contribution in [0.25, 0.3) is 0 Å². The number of carbonyl (C=O) groups is 1. The highest BCUT2D eigenvalue weighted by atomic mass is 32.1. The first-order valence-electron chi connectivity index (χ1n) is 9.26. The zero-order valence-corrected chi connectivity index (χ0v) is 15.8. The van der Waals surface area contributed by atoms with Crippen LogP contribution in [0.4, 0.5) is 5.13 Å². The van der Waals surface area contributed by atoms with Crippen LogP contribution in [0, 0.1) is 5.41 Å². The summed E-state index contributed by atoms with van der Waals surface area (Å²) >= 11 is 1.82. The molecule has 132 valence electrons. The van der Waals surface area contributed by atoms with Gasteiger partial charge in [0.15, 0.2) is 5.13 Å². The van der Waals surface area contributed by atoms with Crippen molar-refractivity contribution in [1.29, 1.82) is 0 Å². The number of hydrogen-bond donors (Lipinski definition) is 1. The predicted octanol–water partition coefficient (Wildman–Crippen LogP) is 2.40. The number of hydrogen-bond acceptors (Lipinski definition) is 5. The van der Waals surface area contributed by atoms with Gasteiger partial charge in [0.1, 0.15) is 0 Å². The molecule has 1 amide bonds. The van der Waals surface area contributed by atoms with Crippen molar-refractivity contribution in [1.82, 2.24) is 15.2 Å². The van der Waals surface area contributed by atoms with E-state index in [0.29, 0.717) is 12.1 Å². The highest BCUT2D eigenvalue weighted by molar-refractivity contribution is 7.15. The molecule has 1 N–H and O–H groups in total. The van der Waals surface area contributed by atoms with Crippen molar-refractivity contribution in [2.45, 2.75) is 65.1 Å². The van der Waals surface area contributed by atoms with Gasteiger partial charge in [-0.2, -0.15) is 0 Å². The van der Waals surface area contributed by atoms with Crippen LogP contribution in [0.3, 0.4) is 0 Å². The summed E-state index contributed by atoms with van der Waals surface area (Å²) in [5, 5.41) is 4.73. The van der Waals surface area contributed by atoms with E-state index >= 15 is 0 Å². The van der Waals surface area contributed by atoms with Crippen LogP contribution in [-0.4, -0.2) is 47.5 Å². The van der Waals surface area contributed by atoms with E-state index in [9.17, 15) is 4.79 Å². The average molecular weight is 349 g/mol. The lowest BCUT2D eigenvalue weighted by Gasteiger charge is -2.35. The second kappa shape index (κ2) is 5.99. The lowest BCUT2D eigenvalue weighted by atomic mass is 9.88. The number of anilines is 1. The van der Waals surface area contributed by atoms with E-state index in [1.807, 2.05) is 16.2 Å². The van der Waals surface area contributed by atoms with Gasteiger partial charge < -0.3 is 15.1 Å². The lowest BCUT2D eigenvalue weighted by Crippen LogP contribution is -2.51. The number of amides is 1. The number of nitrogens with zero attached hydrogens (tertiary/aromatic N) is 3. The Morgan fingerprint density at radius 2 is 2.04 bits per heavy atom. The molecule has 2 bridgehead atoms. The molecule has 1 aromatic rings. The van der Waals surface area contributed by atoms with E-state index in [-0.39, 0.29) is 11.3 Å². The van der Waals surface area contributed by atoms with E-state index in [1.165, 1.54) is 28.5 Å².